The Kier molecular flexibility index (Phi) is 8.73. The molecule has 50 heavy (non-hydrogen) atoms. The lowest BCUT2D eigenvalue weighted by atomic mass is 9.54. The van der Waals surface area contributed by atoms with Crippen molar-refractivity contribution in [2.24, 2.45) is 17.3 Å². The number of allylic oxidation sites excluding steroid dienone is 4. The van der Waals surface area contributed by atoms with Crippen LogP contribution in [0.15, 0.2) is 60.8 Å². The Morgan fingerprint density at radius 2 is 1.70 bits per heavy atom. The van der Waals surface area contributed by atoms with E-state index in [-0.39, 0.29) is 23.3 Å². The summed E-state index contributed by atoms with van der Waals surface area (Å²) in [5.41, 5.74) is 4.01. The average Bonchev–Trinajstić information content (AvgIpc) is 3.65. The first kappa shape index (κ1) is 32.6. The molecule has 2 aromatic heterocycles. The molecule has 3 bridgehead atoms. The van der Waals surface area contributed by atoms with E-state index in [9.17, 15) is 9.90 Å². The minimum atomic E-state index is -0.968. The molecule has 0 radical (unpaired) electrons. The third-order valence-electron chi connectivity index (χ3n) is 13.5. The number of carbonyl (C=O) groups is 1. The molecule has 1 aromatic carbocycles. The summed E-state index contributed by atoms with van der Waals surface area (Å²) in [6.45, 7) is 4.32. The molecule has 3 aromatic rings. The molecule has 7 heteroatoms. The monoisotopic (exact) mass is 673 g/mol. The molecule has 7 nitrogen and oxygen atoms in total. The van der Waals surface area contributed by atoms with Gasteiger partial charge in [-0.2, -0.15) is 0 Å². The largest absolute Gasteiger partial charge is 0.384 e. The maximum absolute atomic E-state index is 13.4. The van der Waals surface area contributed by atoms with Crippen LogP contribution in [-0.4, -0.2) is 74.6 Å². The predicted octanol–water partition coefficient (Wildman–Crippen LogP) is 8.37. The van der Waals surface area contributed by atoms with Gasteiger partial charge in [-0.25, -0.2) is 0 Å². The highest BCUT2D eigenvalue weighted by molar-refractivity contribution is 6.15. The number of nitrogens with zero attached hydrogens (tertiary/aromatic N) is 3. The highest BCUT2D eigenvalue weighted by Gasteiger charge is 2.65. The third-order valence-corrected chi connectivity index (χ3v) is 13.5. The van der Waals surface area contributed by atoms with Gasteiger partial charge in [0.05, 0.1) is 34.1 Å². The van der Waals surface area contributed by atoms with Crippen LogP contribution in [0.2, 0.25) is 0 Å². The Labute approximate surface area is 297 Å². The van der Waals surface area contributed by atoms with E-state index in [1.54, 1.807) is 0 Å². The summed E-state index contributed by atoms with van der Waals surface area (Å²) in [4.78, 5) is 27.9. The molecular weight excluding hydrogens is 619 g/mol. The Balaban J connectivity index is 1.19. The SMILES string of the molecule is O=C(Nc1cccc2c1[nH]c1c(C3=C[C@@]4(O)CC/C=C\CCCCN5CC[C@@H]3[C@]3(C[C@@H]6/C=C\CCCCN6[C@H]34)C5)nccc12)C1CCCCC1. The molecule has 6 atom stereocenters. The molecule has 1 saturated carbocycles. The van der Waals surface area contributed by atoms with Crippen molar-refractivity contribution in [3.8, 4) is 0 Å². The van der Waals surface area contributed by atoms with Crippen molar-refractivity contribution >= 4 is 39.0 Å². The highest BCUT2D eigenvalue weighted by atomic mass is 16.3. The van der Waals surface area contributed by atoms with Gasteiger partial charge in [0.2, 0.25) is 5.91 Å². The van der Waals surface area contributed by atoms with Gasteiger partial charge in [-0.05, 0) is 126 Å². The lowest BCUT2D eigenvalue weighted by molar-refractivity contribution is -0.120. The van der Waals surface area contributed by atoms with Gasteiger partial charge in [-0.1, -0.05) is 55.7 Å². The Morgan fingerprint density at radius 1 is 0.880 bits per heavy atom. The quantitative estimate of drug-likeness (QED) is 0.243. The summed E-state index contributed by atoms with van der Waals surface area (Å²) in [7, 11) is 0. The molecule has 1 spiro atoms. The van der Waals surface area contributed by atoms with Crippen LogP contribution in [-0.2, 0) is 4.79 Å². The number of amides is 1. The van der Waals surface area contributed by atoms with Crippen LogP contribution in [0.4, 0.5) is 5.69 Å². The Hall–Kier alpha value is -3.26. The number of hydrogen-bond donors (Lipinski definition) is 3. The predicted molar refractivity (Wildman–Crippen MR) is 203 cm³/mol. The number of carbonyl (C=O) groups excluding carboxylic acids is 1. The molecule has 1 unspecified atom stereocenters. The number of anilines is 1. The zero-order chi connectivity index (χ0) is 33.7. The number of aromatic nitrogens is 2. The standard InChI is InChI=1S/C43H55N5O2/c49-40(30-15-8-7-9-16-30)45-36-19-14-18-32-33-20-23-44-38(39(33)46-37(32)36)34-28-43(50)22-11-4-1-2-5-12-24-47-26-21-35(34)42(29-47)27-31-17-10-3-6-13-25-48(31)41(42)43/h1,4,10,14,17-20,23,28,30-31,35,41,46,50H,2-3,5-9,11-13,15-16,21-22,24-27,29H2,(H,45,49)/b4-1-,17-10-/t31-,35-,41+,42-,43-/m0/s1. The molecule has 2 aliphatic carbocycles. The summed E-state index contributed by atoms with van der Waals surface area (Å²) in [5, 5.41) is 18.8. The number of aliphatic hydroxyl groups is 1. The zero-order valence-corrected chi connectivity index (χ0v) is 29.7. The number of nitrogens with one attached hydrogen (secondary N) is 2. The second-order valence-corrected chi connectivity index (χ2v) is 16.5. The smallest absolute Gasteiger partial charge is 0.227 e. The topological polar surface area (TPSA) is 84.5 Å². The Bertz CT molecular complexity index is 1840. The van der Waals surface area contributed by atoms with Crippen LogP contribution in [0.5, 0.6) is 0 Å². The van der Waals surface area contributed by atoms with Crippen molar-refractivity contribution in [3.05, 3.63) is 66.5 Å². The van der Waals surface area contributed by atoms with E-state index in [0.717, 1.165) is 124 Å². The van der Waals surface area contributed by atoms with Crippen molar-refractivity contribution in [2.45, 2.75) is 114 Å². The molecule has 6 aliphatic rings. The molecule has 3 fully saturated rings. The number of benzene rings is 1. The number of aromatic amines is 1. The Morgan fingerprint density at radius 3 is 2.60 bits per heavy atom. The van der Waals surface area contributed by atoms with E-state index in [1.807, 2.05) is 12.3 Å². The summed E-state index contributed by atoms with van der Waals surface area (Å²) >= 11 is 0. The number of hydrogen-bond acceptors (Lipinski definition) is 5. The van der Waals surface area contributed by atoms with Crippen LogP contribution < -0.4 is 5.32 Å². The molecule has 9 rings (SSSR count). The van der Waals surface area contributed by atoms with E-state index >= 15 is 0 Å². The zero-order valence-electron chi connectivity index (χ0n) is 29.7. The van der Waals surface area contributed by atoms with E-state index in [4.69, 9.17) is 4.98 Å². The number of H-pyrrole nitrogens is 1. The lowest BCUT2D eigenvalue weighted by Crippen LogP contribution is -2.65. The highest BCUT2D eigenvalue weighted by Crippen LogP contribution is 2.61. The van der Waals surface area contributed by atoms with Crippen LogP contribution in [0.1, 0.15) is 102 Å². The second kappa shape index (κ2) is 13.4. The van der Waals surface area contributed by atoms with Gasteiger partial charge >= 0.3 is 0 Å². The lowest BCUT2D eigenvalue weighted by Gasteiger charge is -2.58. The first-order chi connectivity index (χ1) is 24.5. The molecule has 6 heterocycles. The van der Waals surface area contributed by atoms with Crippen molar-refractivity contribution in [1.82, 2.24) is 19.8 Å². The fourth-order valence-electron chi connectivity index (χ4n) is 11.4. The van der Waals surface area contributed by atoms with E-state index in [1.165, 1.54) is 37.7 Å². The number of pyridine rings is 1. The fourth-order valence-corrected chi connectivity index (χ4v) is 11.4. The van der Waals surface area contributed by atoms with E-state index in [0.29, 0.717) is 12.0 Å². The van der Waals surface area contributed by atoms with Gasteiger partial charge in [-0.3, -0.25) is 14.7 Å². The van der Waals surface area contributed by atoms with Crippen molar-refractivity contribution in [1.29, 1.82) is 0 Å². The maximum Gasteiger partial charge on any atom is 0.227 e. The van der Waals surface area contributed by atoms with Gasteiger partial charge in [0.25, 0.3) is 0 Å². The minimum absolute atomic E-state index is 0.0663. The molecule has 4 aliphatic heterocycles. The average molecular weight is 674 g/mol. The summed E-state index contributed by atoms with van der Waals surface area (Å²) in [6.07, 6.45) is 30.2. The number of para-hydroxylation sites is 1. The maximum atomic E-state index is 13.4. The van der Waals surface area contributed by atoms with Gasteiger partial charge < -0.3 is 20.3 Å². The van der Waals surface area contributed by atoms with Gasteiger partial charge in [0.15, 0.2) is 0 Å². The summed E-state index contributed by atoms with van der Waals surface area (Å²) in [6, 6.07) is 8.82. The normalized spacial score (nSPS) is 35.1. The van der Waals surface area contributed by atoms with E-state index < -0.39 is 5.60 Å². The van der Waals surface area contributed by atoms with Gasteiger partial charge in [0, 0.05) is 40.9 Å². The van der Waals surface area contributed by atoms with Crippen LogP contribution >= 0.6 is 0 Å². The van der Waals surface area contributed by atoms with Crippen LogP contribution in [0, 0.1) is 17.3 Å². The van der Waals surface area contributed by atoms with Crippen molar-refractivity contribution < 1.29 is 9.90 Å². The number of rotatable bonds is 3. The second-order valence-electron chi connectivity index (χ2n) is 16.5. The minimum Gasteiger partial charge on any atom is -0.384 e. The first-order valence-corrected chi connectivity index (χ1v) is 20.0. The van der Waals surface area contributed by atoms with E-state index in [2.05, 4.69) is 68.7 Å². The molecular formula is C43H55N5O2. The molecule has 2 saturated heterocycles. The first-order valence-electron chi connectivity index (χ1n) is 20.0. The molecule has 264 valence electrons. The van der Waals surface area contributed by atoms with Gasteiger partial charge in [-0.15, -0.1) is 0 Å². The molecule has 3 N–H and O–H groups in total. The summed E-state index contributed by atoms with van der Waals surface area (Å²) < 4.78 is 0. The number of piperidine rings is 1. The van der Waals surface area contributed by atoms with Crippen molar-refractivity contribution in [3.63, 3.8) is 0 Å². The summed E-state index contributed by atoms with van der Waals surface area (Å²) in [5.74, 6) is 0.543. The fraction of sp³-hybridized carbons (Fsp3) is 0.581. The van der Waals surface area contributed by atoms with Crippen LogP contribution in [0.25, 0.3) is 27.4 Å². The molecule has 1 amide bonds. The van der Waals surface area contributed by atoms with Gasteiger partial charge in [0.1, 0.15) is 0 Å². The number of fused-ring (bicyclic) bond motifs is 5. The van der Waals surface area contributed by atoms with Crippen LogP contribution in [0.3, 0.4) is 0 Å². The van der Waals surface area contributed by atoms with Crippen molar-refractivity contribution in [2.75, 3.05) is 31.5 Å². The third kappa shape index (κ3) is 5.59.